The first-order valence-electron chi connectivity index (χ1n) is 4.42. The molecule has 0 saturated heterocycles. The van der Waals surface area contributed by atoms with Crippen LogP contribution in [0.5, 0.6) is 0 Å². The summed E-state index contributed by atoms with van der Waals surface area (Å²) < 4.78 is 51.3. The summed E-state index contributed by atoms with van der Waals surface area (Å²) in [5.74, 6) is 0. The van der Waals surface area contributed by atoms with E-state index in [1.165, 1.54) is 24.3 Å². The van der Waals surface area contributed by atoms with Crippen LogP contribution in [0.4, 0.5) is 4.39 Å². The van der Waals surface area contributed by atoms with Gasteiger partial charge in [0.05, 0.1) is 7.64 Å². The first-order chi connectivity index (χ1) is 6.71. The molecule has 0 aliphatic carbocycles. The summed E-state index contributed by atoms with van der Waals surface area (Å²) in [5, 5.41) is 0. The standard InChI is InChI=1S/C8H9FO3S/c1-7-2-4-8(5-3-7)13(10,11)12-6-9/h2-5H,6H2,1H3/i6D2. The van der Waals surface area contributed by atoms with Crippen molar-refractivity contribution in [3.8, 4) is 0 Å². The predicted molar refractivity (Wildman–Crippen MR) is 45.4 cm³/mol. The van der Waals surface area contributed by atoms with Gasteiger partial charge in [-0.1, -0.05) is 17.7 Å². The number of rotatable bonds is 3. The fraction of sp³-hybridized carbons (Fsp3) is 0.250. The second-order valence-electron chi connectivity index (χ2n) is 2.43. The Hall–Kier alpha value is -0.940. The third kappa shape index (κ3) is 2.50. The molecule has 1 rings (SSSR count). The SMILES string of the molecule is [2H]C([2H])(F)OS(=O)(=O)c1ccc(C)cc1. The summed E-state index contributed by atoms with van der Waals surface area (Å²) in [6.45, 7) is -1.95. The van der Waals surface area contributed by atoms with E-state index in [0.717, 1.165) is 5.56 Å². The molecule has 3 nitrogen and oxygen atoms in total. The number of alkyl halides is 1. The van der Waals surface area contributed by atoms with Crippen molar-refractivity contribution in [2.75, 3.05) is 6.81 Å². The minimum atomic E-state index is -4.38. The molecule has 0 bridgehead atoms. The van der Waals surface area contributed by atoms with Crippen LogP contribution in [0.2, 0.25) is 0 Å². The fourth-order valence-electron chi connectivity index (χ4n) is 0.795. The van der Waals surface area contributed by atoms with E-state index in [2.05, 4.69) is 4.18 Å². The lowest BCUT2D eigenvalue weighted by molar-refractivity contribution is 0.198. The van der Waals surface area contributed by atoms with Gasteiger partial charge in [-0.3, -0.25) is 0 Å². The van der Waals surface area contributed by atoms with Gasteiger partial charge in [0, 0.05) is 0 Å². The molecule has 0 heterocycles. The molecule has 0 N–H and O–H groups in total. The molecule has 0 aliphatic heterocycles. The smallest absolute Gasteiger partial charge is 0.232 e. The predicted octanol–water partition coefficient (Wildman–Crippen LogP) is 1.63. The van der Waals surface area contributed by atoms with Gasteiger partial charge < -0.3 is 0 Å². The van der Waals surface area contributed by atoms with Gasteiger partial charge in [0.15, 0.2) is 0 Å². The Morgan fingerprint density at radius 2 is 2.00 bits per heavy atom. The van der Waals surface area contributed by atoms with Crippen molar-refractivity contribution in [1.29, 1.82) is 0 Å². The van der Waals surface area contributed by atoms with E-state index in [0.29, 0.717) is 0 Å². The molecular weight excluding hydrogens is 195 g/mol. The molecule has 72 valence electrons. The number of halogens is 1. The molecule has 1 aromatic carbocycles. The highest BCUT2D eigenvalue weighted by Crippen LogP contribution is 2.12. The van der Waals surface area contributed by atoms with Crippen LogP contribution in [0.3, 0.4) is 0 Å². The van der Waals surface area contributed by atoms with E-state index in [-0.39, 0.29) is 4.90 Å². The average molecular weight is 206 g/mol. The Morgan fingerprint density at radius 1 is 1.46 bits per heavy atom. The van der Waals surface area contributed by atoms with Gasteiger partial charge in [-0.15, -0.1) is 0 Å². The Bertz CT molecular complexity index is 436. The average Bonchev–Trinajstić information content (AvgIpc) is 2.00. The summed E-state index contributed by atoms with van der Waals surface area (Å²) in [6, 6.07) is 5.45. The largest absolute Gasteiger partial charge is 0.299 e. The van der Waals surface area contributed by atoms with Gasteiger partial charge >= 0.3 is 0 Å². The molecule has 0 spiro atoms. The van der Waals surface area contributed by atoms with Crippen LogP contribution in [0.15, 0.2) is 29.2 Å². The molecule has 0 aromatic heterocycles. The Labute approximate surface area is 79.1 Å². The maximum absolute atomic E-state index is 12.4. The van der Waals surface area contributed by atoms with E-state index in [1.807, 2.05) is 0 Å². The van der Waals surface area contributed by atoms with E-state index < -0.39 is 16.9 Å². The Morgan fingerprint density at radius 3 is 2.46 bits per heavy atom. The van der Waals surface area contributed by atoms with Crippen molar-refractivity contribution in [1.82, 2.24) is 0 Å². The second kappa shape index (κ2) is 3.85. The van der Waals surface area contributed by atoms with Crippen LogP contribution in [0.25, 0.3) is 0 Å². The fourth-order valence-corrected chi connectivity index (χ4v) is 1.44. The van der Waals surface area contributed by atoms with Crippen LogP contribution < -0.4 is 0 Å². The summed E-state index contributed by atoms with van der Waals surface area (Å²) in [7, 11) is -4.38. The third-order valence-corrected chi connectivity index (χ3v) is 2.58. The molecule has 0 unspecified atom stereocenters. The molecule has 0 amide bonds. The summed E-state index contributed by atoms with van der Waals surface area (Å²) in [6.07, 6.45) is 0. The Balaban J connectivity index is 3.02. The number of benzene rings is 1. The molecule has 0 fully saturated rings. The van der Waals surface area contributed by atoms with Gasteiger partial charge in [-0.05, 0) is 19.1 Å². The molecule has 0 radical (unpaired) electrons. The first kappa shape index (κ1) is 7.46. The zero-order chi connectivity index (χ0) is 11.7. The van der Waals surface area contributed by atoms with Crippen LogP contribution >= 0.6 is 0 Å². The van der Waals surface area contributed by atoms with Crippen LogP contribution in [0, 0.1) is 6.92 Å². The van der Waals surface area contributed by atoms with Crippen molar-refractivity contribution < 1.29 is 19.7 Å². The minimum Gasteiger partial charge on any atom is -0.232 e. The highest BCUT2D eigenvalue weighted by atomic mass is 32.2. The monoisotopic (exact) mass is 206 g/mol. The first-order valence-corrected chi connectivity index (χ1v) is 4.83. The summed E-state index contributed by atoms with van der Waals surface area (Å²) in [5.41, 5.74) is 0.831. The molecule has 0 atom stereocenters. The van der Waals surface area contributed by atoms with Crippen LogP contribution in [-0.2, 0) is 14.3 Å². The number of hydrogen-bond acceptors (Lipinski definition) is 3. The highest BCUT2D eigenvalue weighted by molar-refractivity contribution is 7.86. The Kier molecular flexibility index (Phi) is 2.21. The van der Waals surface area contributed by atoms with E-state index >= 15 is 0 Å². The quantitative estimate of drug-likeness (QED) is 0.706. The molecule has 5 heteroatoms. The van der Waals surface area contributed by atoms with E-state index in [9.17, 15) is 12.8 Å². The maximum Gasteiger partial charge on any atom is 0.299 e. The van der Waals surface area contributed by atoms with Crippen molar-refractivity contribution >= 4 is 10.1 Å². The zero-order valence-electron chi connectivity index (χ0n) is 8.82. The van der Waals surface area contributed by atoms with Gasteiger partial charge in [-0.25, -0.2) is 8.57 Å². The second-order valence-corrected chi connectivity index (χ2v) is 3.97. The molecule has 13 heavy (non-hydrogen) atoms. The minimum absolute atomic E-state index is 0.283. The highest BCUT2D eigenvalue weighted by Gasteiger charge is 2.13. The molecule has 1 aromatic rings. The van der Waals surface area contributed by atoms with Crippen molar-refractivity contribution in [3.05, 3.63) is 29.8 Å². The number of aryl methyl sites for hydroxylation is 1. The van der Waals surface area contributed by atoms with Crippen LogP contribution in [0.1, 0.15) is 8.30 Å². The van der Waals surface area contributed by atoms with E-state index in [4.69, 9.17) is 2.74 Å². The van der Waals surface area contributed by atoms with Crippen LogP contribution in [-0.4, -0.2) is 15.2 Å². The lowest BCUT2D eigenvalue weighted by Crippen LogP contribution is -2.05. The van der Waals surface area contributed by atoms with Gasteiger partial charge in [-0.2, -0.15) is 8.42 Å². The van der Waals surface area contributed by atoms with Gasteiger partial charge in [0.2, 0.25) is 6.81 Å². The topological polar surface area (TPSA) is 43.4 Å². The molecule has 0 aliphatic rings. The van der Waals surface area contributed by atoms with Crippen molar-refractivity contribution in [2.45, 2.75) is 11.8 Å². The molecule has 0 saturated carbocycles. The van der Waals surface area contributed by atoms with Gasteiger partial charge in [0.1, 0.15) is 0 Å². The normalized spacial score (nSPS) is 14.9. The number of hydrogen-bond donors (Lipinski definition) is 0. The van der Waals surface area contributed by atoms with E-state index in [1.54, 1.807) is 6.92 Å². The molecular formula is C8H9FO3S. The summed E-state index contributed by atoms with van der Waals surface area (Å²) >= 11 is 0. The summed E-state index contributed by atoms with van der Waals surface area (Å²) in [4.78, 5) is -0.283. The lowest BCUT2D eigenvalue weighted by Gasteiger charge is -2.01. The zero-order valence-corrected chi connectivity index (χ0v) is 7.64. The van der Waals surface area contributed by atoms with Crippen molar-refractivity contribution in [2.24, 2.45) is 0 Å². The van der Waals surface area contributed by atoms with Crippen molar-refractivity contribution in [3.63, 3.8) is 0 Å². The lowest BCUT2D eigenvalue weighted by atomic mass is 10.2. The van der Waals surface area contributed by atoms with Gasteiger partial charge in [0.25, 0.3) is 10.1 Å². The third-order valence-electron chi connectivity index (χ3n) is 1.45. The maximum atomic E-state index is 12.4.